The minimum absolute atomic E-state index is 0.521. The van der Waals surface area contributed by atoms with Crippen LogP contribution in [0.15, 0.2) is 30.3 Å². The van der Waals surface area contributed by atoms with Gasteiger partial charge in [0, 0.05) is 18.7 Å². The van der Waals surface area contributed by atoms with Gasteiger partial charge in [-0.1, -0.05) is 49.6 Å². The first kappa shape index (κ1) is 13.1. The van der Waals surface area contributed by atoms with Crippen LogP contribution < -0.4 is 5.32 Å². The summed E-state index contributed by atoms with van der Waals surface area (Å²) in [4.78, 5) is 0. The fourth-order valence-electron chi connectivity index (χ4n) is 3.55. The van der Waals surface area contributed by atoms with Crippen LogP contribution in [0, 0.1) is 5.92 Å². The van der Waals surface area contributed by atoms with E-state index in [2.05, 4.69) is 35.6 Å². The van der Waals surface area contributed by atoms with Crippen molar-refractivity contribution >= 4 is 0 Å². The highest BCUT2D eigenvalue weighted by Crippen LogP contribution is 2.35. The van der Waals surface area contributed by atoms with Crippen LogP contribution in [0.1, 0.15) is 50.1 Å². The van der Waals surface area contributed by atoms with Gasteiger partial charge in [0.15, 0.2) is 0 Å². The smallest absolute Gasteiger partial charge is 0.0620 e. The van der Waals surface area contributed by atoms with Crippen LogP contribution in [0.5, 0.6) is 0 Å². The average molecular weight is 259 g/mol. The van der Waals surface area contributed by atoms with Crippen molar-refractivity contribution in [3.8, 4) is 0 Å². The number of hydrogen-bond donors (Lipinski definition) is 1. The van der Waals surface area contributed by atoms with Crippen molar-refractivity contribution in [1.82, 2.24) is 5.32 Å². The zero-order valence-corrected chi connectivity index (χ0v) is 11.7. The summed E-state index contributed by atoms with van der Waals surface area (Å²) >= 11 is 0. The van der Waals surface area contributed by atoms with E-state index < -0.39 is 0 Å². The van der Waals surface area contributed by atoms with Crippen LogP contribution in [0.2, 0.25) is 0 Å². The summed E-state index contributed by atoms with van der Waals surface area (Å²) in [5, 5.41) is 3.88. The maximum atomic E-state index is 5.52. The summed E-state index contributed by atoms with van der Waals surface area (Å²) in [6, 6.07) is 12.1. The number of benzene rings is 1. The second kappa shape index (κ2) is 6.53. The Bertz CT molecular complexity index is 366. The molecule has 1 saturated carbocycles. The molecule has 1 N–H and O–H groups in total. The zero-order chi connectivity index (χ0) is 12.9. The van der Waals surface area contributed by atoms with Crippen molar-refractivity contribution in [2.75, 3.05) is 13.2 Å². The molecule has 0 radical (unpaired) electrons. The van der Waals surface area contributed by atoms with Crippen LogP contribution in [-0.2, 0) is 4.74 Å². The molecule has 0 bridgehead atoms. The lowest BCUT2D eigenvalue weighted by molar-refractivity contribution is 0.181. The van der Waals surface area contributed by atoms with Gasteiger partial charge in [0.2, 0.25) is 0 Å². The molecule has 0 spiro atoms. The maximum absolute atomic E-state index is 5.52. The fraction of sp³-hybridized carbons (Fsp3) is 0.647. The Morgan fingerprint density at radius 3 is 2.47 bits per heavy atom. The topological polar surface area (TPSA) is 21.3 Å². The number of rotatable bonds is 4. The first-order valence-electron chi connectivity index (χ1n) is 7.82. The molecule has 1 saturated heterocycles. The van der Waals surface area contributed by atoms with Gasteiger partial charge in [-0.15, -0.1) is 0 Å². The van der Waals surface area contributed by atoms with E-state index in [1.54, 1.807) is 0 Å². The Kier molecular flexibility index (Phi) is 4.52. The lowest BCUT2D eigenvalue weighted by Crippen LogP contribution is -2.37. The monoisotopic (exact) mass is 259 g/mol. The molecule has 2 fully saturated rings. The van der Waals surface area contributed by atoms with Gasteiger partial charge in [-0.3, -0.25) is 0 Å². The van der Waals surface area contributed by atoms with E-state index in [4.69, 9.17) is 4.74 Å². The van der Waals surface area contributed by atoms with Gasteiger partial charge < -0.3 is 10.1 Å². The highest BCUT2D eigenvalue weighted by Gasteiger charge is 2.28. The van der Waals surface area contributed by atoms with Crippen molar-refractivity contribution in [1.29, 1.82) is 0 Å². The summed E-state index contributed by atoms with van der Waals surface area (Å²) < 4.78 is 5.52. The van der Waals surface area contributed by atoms with E-state index >= 15 is 0 Å². The molecule has 1 aromatic carbocycles. The fourth-order valence-corrected chi connectivity index (χ4v) is 3.55. The zero-order valence-electron chi connectivity index (χ0n) is 11.7. The van der Waals surface area contributed by atoms with Gasteiger partial charge in [-0.05, 0) is 30.7 Å². The minimum atomic E-state index is 0.521. The summed E-state index contributed by atoms with van der Waals surface area (Å²) in [7, 11) is 0. The molecule has 1 aliphatic carbocycles. The summed E-state index contributed by atoms with van der Waals surface area (Å²) in [6.07, 6.45) is 8.13. The normalized spacial score (nSPS) is 26.4. The van der Waals surface area contributed by atoms with Gasteiger partial charge >= 0.3 is 0 Å². The second-order valence-electron chi connectivity index (χ2n) is 6.01. The van der Waals surface area contributed by atoms with Crippen molar-refractivity contribution in [3.05, 3.63) is 35.9 Å². The third-order valence-electron chi connectivity index (χ3n) is 4.62. The Labute approximate surface area is 116 Å². The number of nitrogens with one attached hydrogen (secondary N) is 1. The molecule has 2 unspecified atom stereocenters. The standard InChI is InChI=1S/C17H25NO/c1-3-7-14(8-4-1)17(15-9-5-2-6-10-15)18-16-11-12-19-13-16/h1,3-4,7-8,15-18H,2,5-6,9-13H2. The molecule has 3 rings (SSSR count). The predicted octanol–water partition coefficient (Wildman–Crippen LogP) is 3.69. The molecule has 19 heavy (non-hydrogen) atoms. The Hall–Kier alpha value is -0.860. The molecule has 2 nitrogen and oxygen atoms in total. The van der Waals surface area contributed by atoms with Gasteiger partial charge in [-0.25, -0.2) is 0 Å². The van der Waals surface area contributed by atoms with Gasteiger partial charge in [0.05, 0.1) is 6.61 Å². The SMILES string of the molecule is c1ccc(C(NC2CCOC2)C2CCCCC2)cc1. The van der Waals surface area contributed by atoms with E-state index in [9.17, 15) is 0 Å². The summed E-state index contributed by atoms with van der Waals surface area (Å²) in [6.45, 7) is 1.81. The van der Waals surface area contributed by atoms with Crippen LogP contribution in [0.4, 0.5) is 0 Å². The van der Waals surface area contributed by atoms with Gasteiger partial charge in [0.25, 0.3) is 0 Å². The Morgan fingerprint density at radius 1 is 1.00 bits per heavy atom. The minimum Gasteiger partial charge on any atom is -0.380 e. The van der Waals surface area contributed by atoms with Gasteiger partial charge in [-0.2, -0.15) is 0 Å². The van der Waals surface area contributed by atoms with Crippen molar-refractivity contribution in [3.63, 3.8) is 0 Å². The average Bonchev–Trinajstić information content (AvgIpc) is 3.00. The summed E-state index contributed by atoms with van der Waals surface area (Å²) in [5.74, 6) is 0.803. The van der Waals surface area contributed by atoms with Crippen LogP contribution in [0.25, 0.3) is 0 Å². The number of ether oxygens (including phenoxy) is 1. The van der Waals surface area contributed by atoms with Crippen LogP contribution in [-0.4, -0.2) is 19.3 Å². The van der Waals surface area contributed by atoms with E-state index in [-0.39, 0.29) is 0 Å². The molecule has 2 atom stereocenters. The molecular weight excluding hydrogens is 234 g/mol. The van der Waals surface area contributed by atoms with E-state index in [1.807, 2.05) is 0 Å². The first-order valence-corrected chi connectivity index (χ1v) is 7.82. The third-order valence-corrected chi connectivity index (χ3v) is 4.62. The lowest BCUT2D eigenvalue weighted by Gasteiger charge is -2.33. The highest BCUT2D eigenvalue weighted by atomic mass is 16.5. The predicted molar refractivity (Wildman–Crippen MR) is 78.1 cm³/mol. The van der Waals surface area contributed by atoms with Gasteiger partial charge in [0.1, 0.15) is 0 Å². The maximum Gasteiger partial charge on any atom is 0.0620 e. The third kappa shape index (κ3) is 3.37. The first-order chi connectivity index (χ1) is 9.43. The second-order valence-corrected chi connectivity index (χ2v) is 6.01. The molecule has 1 aromatic rings. The molecule has 2 heteroatoms. The molecule has 2 aliphatic rings. The van der Waals surface area contributed by atoms with Crippen LogP contribution >= 0.6 is 0 Å². The highest BCUT2D eigenvalue weighted by molar-refractivity contribution is 5.20. The number of hydrogen-bond acceptors (Lipinski definition) is 2. The lowest BCUT2D eigenvalue weighted by atomic mass is 9.81. The van der Waals surface area contributed by atoms with Crippen molar-refractivity contribution in [2.24, 2.45) is 5.92 Å². The van der Waals surface area contributed by atoms with E-state index in [0.717, 1.165) is 25.6 Å². The summed E-state index contributed by atoms with van der Waals surface area (Å²) in [5.41, 5.74) is 1.46. The molecule has 0 amide bonds. The van der Waals surface area contributed by atoms with Crippen LogP contribution in [0.3, 0.4) is 0 Å². The molecule has 1 aliphatic heterocycles. The molecule has 1 heterocycles. The van der Waals surface area contributed by atoms with E-state index in [1.165, 1.54) is 37.7 Å². The Balaban J connectivity index is 1.73. The molecule has 104 valence electrons. The van der Waals surface area contributed by atoms with E-state index in [0.29, 0.717) is 12.1 Å². The van der Waals surface area contributed by atoms with Crippen molar-refractivity contribution in [2.45, 2.75) is 50.6 Å². The van der Waals surface area contributed by atoms with Crippen molar-refractivity contribution < 1.29 is 4.74 Å². The molecule has 0 aromatic heterocycles. The molecular formula is C17H25NO. The largest absolute Gasteiger partial charge is 0.380 e. The quantitative estimate of drug-likeness (QED) is 0.890. The Morgan fingerprint density at radius 2 is 1.79 bits per heavy atom.